The quantitative estimate of drug-likeness (QED) is 0.323. The number of hydrogen-bond acceptors (Lipinski definition) is 5. The van der Waals surface area contributed by atoms with Crippen molar-refractivity contribution in [1.29, 1.82) is 5.41 Å². The van der Waals surface area contributed by atoms with E-state index in [2.05, 4.69) is 16.1 Å². The lowest BCUT2D eigenvalue weighted by Gasteiger charge is -2.27. The zero-order chi connectivity index (χ0) is 13.4. The molecule has 4 N–H and O–H groups in total. The molecule has 0 unspecified atom stereocenters. The highest BCUT2D eigenvalue weighted by Gasteiger charge is 2.23. The van der Waals surface area contributed by atoms with E-state index < -0.39 is 6.17 Å². The molecule has 1 fully saturated rings. The van der Waals surface area contributed by atoms with Crippen LogP contribution in [-0.2, 0) is 4.84 Å². The van der Waals surface area contributed by atoms with Gasteiger partial charge in [0.05, 0.1) is 11.8 Å². The fourth-order valence-corrected chi connectivity index (χ4v) is 1.62. The van der Waals surface area contributed by atoms with Gasteiger partial charge in [0.25, 0.3) is 0 Å². The Bertz CT molecular complexity index is 330. The highest BCUT2D eigenvalue weighted by atomic mass is 19.1. The summed E-state index contributed by atoms with van der Waals surface area (Å²) in [6.45, 7) is 3.00. The minimum absolute atomic E-state index is 0.175. The second kappa shape index (κ2) is 7.84. The van der Waals surface area contributed by atoms with Gasteiger partial charge >= 0.3 is 0 Å². The van der Waals surface area contributed by atoms with Crippen molar-refractivity contribution in [3.05, 3.63) is 24.1 Å². The number of hydroxylamine groups is 1. The molecule has 0 bridgehead atoms. The van der Waals surface area contributed by atoms with Gasteiger partial charge in [0, 0.05) is 25.9 Å². The van der Waals surface area contributed by atoms with E-state index in [0.29, 0.717) is 12.3 Å². The first-order chi connectivity index (χ1) is 8.65. The van der Waals surface area contributed by atoms with Gasteiger partial charge in [0.15, 0.2) is 0 Å². The lowest BCUT2D eigenvalue weighted by Crippen LogP contribution is -2.47. The zero-order valence-corrected chi connectivity index (χ0v) is 10.8. The van der Waals surface area contributed by atoms with Crippen LogP contribution in [0.3, 0.4) is 0 Å². The lowest BCUT2D eigenvalue weighted by atomic mass is 10.0. The Balaban J connectivity index is 2.42. The highest BCUT2D eigenvalue weighted by molar-refractivity contribution is 6.05. The molecule has 0 aromatic heterocycles. The third-order valence-corrected chi connectivity index (χ3v) is 2.77. The van der Waals surface area contributed by atoms with E-state index in [1.165, 1.54) is 12.3 Å². The molecule has 1 rings (SSSR count). The molecular weight excluding hydrogens is 235 g/mol. The summed E-state index contributed by atoms with van der Waals surface area (Å²) in [5, 5.41) is 13.8. The molecule has 1 aliphatic rings. The van der Waals surface area contributed by atoms with Gasteiger partial charge in [-0.1, -0.05) is 0 Å². The molecule has 6 heteroatoms. The Morgan fingerprint density at radius 3 is 3.00 bits per heavy atom. The van der Waals surface area contributed by atoms with Crippen LogP contribution in [0.4, 0.5) is 4.39 Å². The Kier molecular flexibility index (Phi) is 6.38. The van der Waals surface area contributed by atoms with E-state index in [9.17, 15) is 4.39 Å². The molecule has 5 nitrogen and oxygen atoms in total. The summed E-state index contributed by atoms with van der Waals surface area (Å²) in [6, 6.07) is -0.175. The average molecular weight is 256 g/mol. The predicted molar refractivity (Wildman–Crippen MR) is 70.1 cm³/mol. The van der Waals surface area contributed by atoms with Gasteiger partial charge in [0.2, 0.25) is 0 Å². The molecule has 102 valence electrons. The van der Waals surface area contributed by atoms with Crippen LogP contribution in [0.25, 0.3) is 0 Å². The molecule has 0 spiro atoms. The van der Waals surface area contributed by atoms with Gasteiger partial charge in [0.1, 0.15) is 12.4 Å². The summed E-state index contributed by atoms with van der Waals surface area (Å²) >= 11 is 0. The first-order valence-electron chi connectivity index (χ1n) is 6.00. The summed E-state index contributed by atoms with van der Waals surface area (Å²) in [7, 11) is 1.64. The van der Waals surface area contributed by atoms with Gasteiger partial charge in [-0.25, -0.2) is 4.39 Å². The molecule has 0 aliphatic carbocycles. The molecule has 0 aromatic rings. The van der Waals surface area contributed by atoms with Crippen LogP contribution in [-0.4, -0.2) is 38.1 Å². The molecule has 0 saturated carbocycles. The van der Waals surface area contributed by atoms with Crippen LogP contribution in [0.15, 0.2) is 24.1 Å². The van der Waals surface area contributed by atoms with Gasteiger partial charge in [-0.15, -0.1) is 0 Å². The maximum absolute atomic E-state index is 13.5. The first kappa shape index (κ1) is 14.7. The lowest BCUT2D eigenvalue weighted by molar-refractivity contribution is 0.159. The Hall–Kier alpha value is -1.40. The smallest absolute Gasteiger partial charge is 0.132 e. The fraction of sp³-hybridized carbons (Fsp3) is 0.583. The Morgan fingerprint density at radius 1 is 1.56 bits per heavy atom. The standard InChI is InChI=1S/C12H21FN4O/c1-9(11(14)4-6-18-15-2)7-17-12-3-5-16-8-10(12)13/h4,6-7,10,12,14-17H,3,5,8H2,1-2H3/b6-4+,9-7+,14-11?/t10-,12+/m1/s1. The van der Waals surface area contributed by atoms with Crippen molar-refractivity contribution < 1.29 is 9.23 Å². The summed E-state index contributed by atoms with van der Waals surface area (Å²) < 4.78 is 13.5. The minimum Gasteiger partial charge on any atom is -0.417 e. The summed E-state index contributed by atoms with van der Waals surface area (Å²) in [4.78, 5) is 4.78. The summed E-state index contributed by atoms with van der Waals surface area (Å²) in [5.41, 5.74) is 3.53. The molecule has 0 amide bonds. The third kappa shape index (κ3) is 4.85. The van der Waals surface area contributed by atoms with Crippen LogP contribution < -0.4 is 16.1 Å². The topological polar surface area (TPSA) is 69.2 Å². The summed E-state index contributed by atoms with van der Waals surface area (Å²) in [6.07, 6.45) is 4.47. The first-order valence-corrected chi connectivity index (χ1v) is 6.00. The second-order valence-corrected chi connectivity index (χ2v) is 4.15. The highest BCUT2D eigenvalue weighted by Crippen LogP contribution is 2.08. The van der Waals surface area contributed by atoms with Crippen LogP contribution in [0.5, 0.6) is 0 Å². The molecule has 2 atom stereocenters. The zero-order valence-electron chi connectivity index (χ0n) is 10.8. The number of alkyl halides is 1. The van der Waals surface area contributed by atoms with E-state index in [0.717, 1.165) is 18.5 Å². The van der Waals surface area contributed by atoms with Gasteiger partial charge < -0.3 is 20.9 Å². The van der Waals surface area contributed by atoms with E-state index in [4.69, 9.17) is 10.2 Å². The van der Waals surface area contributed by atoms with Crippen LogP contribution in [0.2, 0.25) is 0 Å². The monoisotopic (exact) mass is 256 g/mol. The van der Waals surface area contributed by atoms with Crippen molar-refractivity contribution in [2.75, 3.05) is 20.1 Å². The minimum atomic E-state index is -0.889. The van der Waals surface area contributed by atoms with Crippen molar-refractivity contribution in [3.8, 4) is 0 Å². The van der Waals surface area contributed by atoms with E-state index in [1.807, 2.05) is 0 Å². The van der Waals surface area contributed by atoms with E-state index >= 15 is 0 Å². The normalized spacial score (nSPS) is 25.2. The number of halogens is 1. The third-order valence-electron chi connectivity index (χ3n) is 2.77. The maximum atomic E-state index is 13.5. The molecular formula is C12H21FN4O. The maximum Gasteiger partial charge on any atom is 0.132 e. The number of piperidine rings is 1. The van der Waals surface area contributed by atoms with Crippen molar-refractivity contribution >= 4 is 5.71 Å². The van der Waals surface area contributed by atoms with Gasteiger partial charge in [-0.05, 0) is 25.5 Å². The molecule has 0 radical (unpaired) electrons. The van der Waals surface area contributed by atoms with E-state index in [-0.39, 0.29) is 6.04 Å². The van der Waals surface area contributed by atoms with Crippen molar-refractivity contribution in [2.45, 2.75) is 25.6 Å². The van der Waals surface area contributed by atoms with Crippen molar-refractivity contribution in [1.82, 2.24) is 16.1 Å². The summed E-state index contributed by atoms with van der Waals surface area (Å²) in [5.74, 6) is 0. The van der Waals surface area contributed by atoms with Crippen LogP contribution >= 0.6 is 0 Å². The number of hydrogen-bond donors (Lipinski definition) is 4. The predicted octanol–water partition coefficient (Wildman–Crippen LogP) is 0.864. The van der Waals surface area contributed by atoms with Crippen molar-refractivity contribution in [3.63, 3.8) is 0 Å². The van der Waals surface area contributed by atoms with Gasteiger partial charge in [-0.3, -0.25) is 0 Å². The van der Waals surface area contributed by atoms with E-state index in [1.54, 1.807) is 20.2 Å². The average Bonchev–Trinajstić information content (AvgIpc) is 2.37. The Morgan fingerprint density at radius 2 is 2.33 bits per heavy atom. The number of nitrogens with one attached hydrogen (secondary N) is 4. The molecule has 1 saturated heterocycles. The molecule has 0 aromatic carbocycles. The molecule has 1 heterocycles. The fourth-order valence-electron chi connectivity index (χ4n) is 1.62. The number of allylic oxidation sites excluding steroid dienone is 2. The van der Waals surface area contributed by atoms with Crippen LogP contribution in [0, 0.1) is 5.41 Å². The molecule has 18 heavy (non-hydrogen) atoms. The van der Waals surface area contributed by atoms with Crippen molar-refractivity contribution in [2.24, 2.45) is 0 Å². The largest absolute Gasteiger partial charge is 0.417 e. The SMILES string of the molecule is CNO/C=C/C(=N)/C(C)=C/N[C@H]1CCNC[C@H]1F. The Labute approximate surface area is 107 Å². The molecule has 1 aliphatic heterocycles. The number of rotatable bonds is 6. The van der Waals surface area contributed by atoms with Crippen LogP contribution in [0.1, 0.15) is 13.3 Å². The van der Waals surface area contributed by atoms with Gasteiger partial charge in [-0.2, -0.15) is 5.48 Å². The second-order valence-electron chi connectivity index (χ2n) is 4.15.